The summed E-state index contributed by atoms with van der Waals surface area (Å²) in [6.45, 7) is 16.4. The summed E-state index contributed by atoms with van der Waals surface area (Å²) in [6, 6.07) is 6.17. The maximum absolute atomic E-state index is 14.1. The van der Waals surface area contributed by atoms with Crippen LogP contribution < -0.4 is 10.6 Å². The fourth-order valence-electron chi connectivity index (χ4n) is 4.11. The van der Waals surface area contributed by atoms with E-state index in [0.717, 1.165) is 56.1 Å². The SMILES string of the molecule is CCCCCCN(C(=O)C(NC(=O)OC(C)(C)C)C(C)C)C(C(=O)NCCCCC)c1ccc(C)cc1. The van der Waals surface area contributed by atoms with Gasteiger partial charge in [0, 0.05) is 13.1 Å². The average molecular weight is 518 g/mol. The van der Waals surface area contributed by atoms with Crippen LogP contribution in [-0.4, -0.2) is 47.5 Å². The Bertz CT molecular complexity index is 830. The fourth-order valence-corrected chi connectivity index (χ4v) is 4.11. The van der Waals surface area contributed by atoms with Crippen molar-refractivity contribution in [3.05, 3.63) is 35.4 Å². The molecule has 7 heteroatoms. The quantitative estimate of drug-likeness (QED) is 0.267. The normalized spacial score (nSPS) is 13.1. The number of benzene rings is 1. The van der Waals surface area contributed by atoms with Gasteiger partial charge >= 0.3 is 6.09 Å². The largest absolute Gasteiger partial charge is 0.444 e. The molecule has 1 rings (SSSR count). The molecule has 0 fully saturated rings. The van der Waals surface area contributed by atoms with E-state index in [1.807, 2.05) is 45.0 Å². The van der Waals surface area contributed by atoms with Gasteiger partial charge in [-0.1, -0.05) is 89.6 Å². The van der Waals surface area contributed by atoms with Crippen LogP contribution in [0.3, 0.4) is 0 Å². The van der Waals surface area contributed by atoms with Gasteiger partial charge in [-0.2, -0.15) is 0 Å². The number of hydrogen-bond donors (Lipinski definition) is 2. The highest BCUT2D eigenvalue weighted by molar-refractivity contribution is 5.92. The van der Waals surface area contributed by atoms with Gasteiger partial charge in [-0.15, -0.1) is 0 Å². The lowest BCUT2D eigenvalue weighted by atomic mass is 9.97. The Morgan fingerprint density at radius 2 is 1.51 bits per heavy atom. The summed E-state index contributed by atoms with van der Waals surface area (Å²) in [4.78, 5) is 42.0. The van der Waals surface area contributed by atoms with Gasteiger partial charge in [-0.05, 0) is 52.0 Å². The van der Waals surface area contributed by atoms with Gasteiger partial charge in [-0.3, -0.25) is 9.59 Å². The number of nitrogens with one attached hydrogen (secondary N) is 2. The summed E-state index contributed by atoms with van der Waals surface area (Å²) in [5.74, 6) is -0.653. The second-order valence-corrected chi connectivity index (χ2v) is 11.3. The Kier molecular flexibility index (Phi) is 14.3. The number of carbonyl (C=O) groups is 3. The summed E-state index contributed by atoms with van der Waals surface area (Å²) in [6.07, 6.45) is 6.22. The van der Waals surface area contributed by atoms with Crippen LogP contribution in [0.25, 0.3) is 0 Å². The van der Waals surface area contributed by atoms with E-state index >= 15 is 0 Å². The monoisotopic (exact) mass is 517 g/mol. The first-order valence-corrected chi connectivity index (χ1v) is 14.1. The summed E-state index contributed by atoms with van der Waals surface area (Å²) >= 11 is 0. The molecule has 0 radical (unpaired) electrons. The molecule has 2 atom stereocenters. The van der Waals surface area contributed by atoms with Crippen LogP contribution in [0.1, 0.15) is 111 Å². The molecule has 3 amide bonds. The van der Waals surface area contributed by atoms with Gasteiger partial charge in [0.15, 0.2) is 0 Å². The lowest BCUT2D eigenvalue weighted by Crippen LogP contribution is -2.55. The van der Waals surface area contributed by atoms with Crippen LogP contribution in [0.4, 0.5) is 4.79 Å². The van der Waals surface area contributed by atoms with Gasteiger partial charge < -0.3 is 20.3 Å². The molecule has 0 aromatic heterocycles. The first kappa shape index (κ1) is 32.5. The summed E-state index contributed by atoms with van der Waals surface area (Å²) in [5, 5.41) is 5.85. The number of alkyl carbamates (subject to hydrolysis) is 1. The molecule has 0 spiro atoms. The lowest BCUT2D eigenvalue weighted by molar-refractivity contribution is -0.143. The van der Waals surface area contributed by atoms with Crippen molar-refractivity contribution < 1.29 is 19.1 Å². The van der Waals surface area contributed by atoms with Crippen LogP contribution in [0.5, 0.6) is 0 Å². The number of unbranched alkanes of at least 4 members (excludes halogenated alkanes) is 5. The summed E-state index contributed by atoms with van der Waals surface area (Å²) < 4.78 is 5.44. The predicted octanol–water partition coefficient (Wildman–Crippen LogP) is 6.30. The summed E-state index contributed by atoms with van der Waals surface area (Å²) in [7, 11) is 0. The number of aryl methyl sites for hydroxylation is 1. The van der Waals surface area contributed by atoms with Crippen LogP contribution in [0, 0.1) is 12.8 Å². The van der Waals surface area contributed by atoms with Gasteiger partial charge in [0.05, 0.1) is 0 Å². The van der Waals surface area contributed by atoms with E-state index in [2.05, 4.69) is 24.5 Å². The molecule has 0 bridgehead atoms. The third kappa shape index (κ3) is 12.0. The number of rotatable bonds is 15. The first-order chi connectivity index (χ1) is 17.4. The summed E-state index contributed by atoms with van der Waals surface area (Å²) in [5.41, 5.74) is 1.16. The third-order valence-corrected chi connectivity index (χ3v) is 6.17. The smallest absolute Gasteiger partial charge is 0.408 e. The van der Waals surface area contributed by atoms with Gasteiger partial charge in [0.1, 0.15) is 17.7 Å². The number of hydrogen-bond acceptors (Lipinski definition) is 4. The Hall–Kier alpha value is -2.57. The van der Waals surface area contributed by atoms with Crippen molar-refractivity contribution in [1.29, 1.82) is 0 Å². The van der Waals surface area contributed by atoms with Gasteiger partial charge in [0.2, 0.25) is 11.8 Å². The molecule has 1 aromatic rings. The third-order valence-electron chi connectivity index (χ3n) is 6.17. The molecule has 0 saturated heterocycles. The average Bonchev–Trinajstić information content (AvgIpc) is 2.81. The molecule has 0 aliphatic carbocycles. The highest BCUT2D eigenvalue weighted by Gasteiger charge is 2.37. The molecule has 2 N–H and O–H groups in total. The fraction of sp³-hybridized carbons (Fsp3) is 0.700. The molecular formula is C30H51N3O4. The molecule has 0 aliphatic heterocycles. The minimum atomic E-state index is -0.818. The maximum atomic E-state index is 14.1. The van der Waals surface area contributed by atoms with Gasteiger partial charge in [-0.25, -0.2) is 4.79 Å². The van der Waals surface area contributed by atoms with Crippen LogP contribution in [0.15, 0.2) is 24.3 Å². The molecule has 2 unspecified atom stereocenters. The second-order valence-electron chi connectivity index (χ2n) is 11.3. The zero-order valence-corrected chi connectivity index (χ0v) is 24.5. The number of amides is 3. The Morgan fingerprint density at radius 1 is 0.919 bits per heavy atom. The second kappa shape index (κ2) is 16.3. The van der Waals surface area contributed by atoms with Crippen molar-refractivity contribution in [2.24, 2.45) is 5.92 Å². The van der Waals surface area contributed by atoms with E-state index in [-0.39, 0.29) is 17.7 Å². The number of carbonyl (C=O) groups excluding carboxylic acids is 3. The molecule has 0 aliphatic rings. The minimum absolute atomic E-state index is 0.190. The Labute approximate surface area is 225 Å². The molecule has 210 valence electrons. The molecule has 0 heterocycles. The van der Waals surface area contributed by atoms with Crippen LogP contribution in [-0.2, 0) is 14.3 Å². The molecular weight excluding hydrogens is 466 g/mol. The van der Waals surface area contributed by atoms with Crippen molar-refractivity contribution in [3.63, 3.8) is 0 Å². The van der Waals surface area contributed by atoms with Crippen molar-refractivity contribution >= 4 is 17.9 Å². The van der Waals surface area contributed by atoms with Crippen molar-refractivity contribution in [1.82, 2.24) is 15.5 Å². The van der Waals surface area contributed by atoms with E-state index < -0.39 is 23.8 Å². The minimum Gasteiger partial charge on any atom is -0.444 e. The molecule has 7 nitrogen and oxygen atoms in total. The van der Waals surface area contributed by atoms with Crippen LogP contribution in [0.2, 0.25) is 0 Å². The molecule has 37 heavy (non-hydrogen) atoms. The van der Waals surface area contributed by atoms with Gasteiger partial charge in [0.25, 0.3) is 0 Å². The Balaban J connectivity index is 3.37. The zero-order valence-electron chi connectivity index (χ0n) is 24.5. The van der Waals surface area contributed by atoms with Crippen molar-refractivity contribution in [2.45, 2.75) is 118 Å². The first-order valence-electron chi connectivity index (χ1n) is 14.1. The molecule has 1 aromatic carbocycles. The van der Waals surface area contributed by atoms with E-state index in [1.54, 1.807) is 25.7 Å². The lowest BCUT2D eigenvalue weighted by Gasteiger charge is -2.35. The highest BCUT2D eigenvalue weighted by Crippen LogP contribution is 2.25. The van der Waals surface area contributed by atoms with E-state index in [0.29, 0.717) is 13.1 Å². The Morgan fingerprint density at radius 3 is 2.05 bits per heavy atom. The van der Waals surface area contributed by atoms with E-state index in [1.165, 1.54) is 0 Å². The standard InChI is InChI=1S/C30H51N3O4/c1-9-11-13-15-21-33(28(35)25(22(3)4)32-29(36)37-30(6,7)8)26(24-18-16-23(5)17-19-24)27(34)31-20-14-12-10-2/h16-19,22,25-26H,9-15,20-21H2,1-8H3,(H,31,34)(H,32,36). The van der Waals surface area contributed by atoms with Crippen molar-refractivity contribution in [2.75, 3.05) is 13.1 Å². The van der Waals surface area contributed by atoms with E-state index in [9.17, 15) is 14.4 Å². The molecule has 0 saturated carbocycles. The van der Waals surface area contributed by atoms with Crippen molar-refractivity contribution in [3.8, 4) is 0 Å². The topological polar surface area (TPSA) is 87.7 Å². The predicted molar refractivity (Wildman–Crippen MR) is 150 cm³/mol. The number of nitrogens with zero attached hydrogens (tertiary/aromatic N) is 1. The zero-order chi connectivity index (χ0) is 28.0. The van der Waals surface area contributed by atoms with Crippen LogP contribution >= 0.6 is 0 Å². The highest BCUT2D eigenvalue weighted by atomic mass is 16.6. The van der Waals surface area contributed by atoms with E-state index in [4.69, 9.17) is 4.74 Å². The maximum Gasteiger partial charge on any atom is 0.408 e. The number of ether oxygens (including phenoxy) is 1.